The number of allylic oxidation sites excluding steroid dienone is 1. The summed E-state index contributed by atoms with van der Waals surface area (Å²) in [6.07, 6.45) is 1.87. The van der Waals surface area contributed by atoms with Gasteiger partial charge in [0.05, 0.1) is 24.2 Å². The third kappa shape index (κ3) is 7.65. The Hall–Kier alpha value is -2.68. The molecular formula is C27H36N2O5S. The summed E-state index contributed by atoms with van der Waals surface area (Å²) in [6.45, 7) is 10.6. The molecule has 0 saturated carbocycles. The number of hydrogen-bond donors (Lipinski definition) is 0. The van der Waals surface area contributed by atoms with Crippen LogP contribution in [0.4, 0.5) is 4.79 Å². The molecule has 0 N–H and O–H groups in total. The minimum atomic E-state index is -3.82. The lowest BCUT2D eigenvalue weighted by Crippen LogP contribution is -2.48. The Morgan fingerprint density at radius 1 is 1.03 bits per heavy atom. The van der Waals surface area contributed by atoms with Gasteiger partial charge in [0, 0.05) is 19.6 Å². The van der Waals surface area contributed by atoms with Crippen molar-refractivity contribution in [1.29, 1.82) is 0 Å². The van der Waals surface area contributed by atoms with Gasteiger partial charge in [-0.2, -0.15) is 4.31 Å². The Morgan fingerprint density at radius 2 is 1.66 bits per heavy atom. The van der Waals surface area contributed by atoms with Crippen molar-refractivity contribution in [3.05, 3.63) is 78.9 Å². The van der Waals surface area contributed by atoms with Gasteiger partial charge in [-0.3, -0.25) is 0 Å². The van der Waals surface area contributed by atoms with Gasteiger partial charge < -0.3 is 14.4 Å². The van der Waals surface area contributed by atoms with Crippen LogP contribution in [0, 0.1) is 5.92 Å². The van der Waals surface area contributed by atoms with E-state index in [1.165, 1.54) is 4.31 Å². The molecule has 1 aliphatic heterocycles. The standard InChI is InChI=1S/C27H36N2O5S/c1-5-12-23-17-28(26(30)34-27(2,3)4)19-24(21-33-20-22-13-8-6-9-14-22)29(18-23)35(31,32)25-15-10-7-11-16-25/h5-11,13-16,23-24H,1,12,17-21H2,2-4H3/t23?,24-/m1/s1. The summed E-state index contributed by atoms with van der Waals surface area (Å²) in [5.41, 5.74) is 0.332. The van der Waals surface area contributed by atoms with Crippen LogP contribution in [-0.4, -0.2) is 61.6 Å². The van der Waals surface area contributed by atoms with Crippen molar-refractivity contribution in [2.24, 2.45) is 5.92 Å². The minimum absolute atomic E-state index is 0.127. The number of ether oxygens (including phenoxy) is 2. The van der Waals surface area contributed by atoms with Crippen LogP contribution in [0.15, 0.2) is 78.2 Å². The number of carbonyl (C=O) groups is 1. The maximum atomic E-state index is 13.7. The molecule has 0 bridgehead atoms. The van der Waals surface area contributed by atoms with Crippen molar-refractivity contribution in [3.8, 4) is 0 Å². The predicted molar refractivity (Wildman–Crippen MR) is 136 cm³/mol. The normalized spacial score (nSPS) is 19.7. The fraction of sp³-hybridized carbons (Fsp3) is 0.444. The first-order valence-electron chi connectivity index (χ1n) is 11.9. The molecule has 0 aromatic heterocycles. The van der Waals surface area contributed by atoms with Crippen LogP contribution in [0.5, 0.6) is 0 Å². The highest BCUT2D eigenvalue weighted by molar-refractivity contribution is 7.89. The molecule has 2 atom stereocenters. The van der Waals surface area contributed by atoms with E-state index in [4.69, 9.17) is 9.47 Å². The minimum Gasteiger partial charge on any atom is -0.444 e. The van der Waals surface area contributed by atoms with Crippen LogP contribution in [-0.2, 0) is 26.1 Å². The maximum absolute atomic E-state index is 13.7. The molecule has 3 rings (SSSR count). The molecule has 0 spiro atoms. The number of hydrogen-bond acceptors (Lipinski definition) is 5. The maximum Gasteiger partial charge on any atom is 0.410 e. The summed E-state index contributed by atoms with van der Waals surface area (Å²) in [7, 11) is -3.82. The van der Waals surface area contributed by atoms with Crippen molar-refractivity contribution < 1.29 is 22.7 Å². The first-order valence-corrected chi connectivity index (χ1v) is 13.3. The second kappa shape index (κ2) is 11.8. The molecule has 2 aromatic carbocycles. The number of sulfonamides is 1. The molecular weight excluding hydrogens is 464 g/mol. The summed E-state index contributed by atoms with van der Waals surface area (Å²) in [5, 5.41) is 0. The molecule has 7 nitrogen and oxygen atoms in total. The lowest BCUT2D eigenvalue weighted by atomic mass is 10.1. The molecule has 1 unspecified atom stereocenters. The number of rotatable bonds is 8. The summed E-state index contributed by atoms with van der Waals surface area (Å²) < 4.78 is 40.6. The molecule has 1 saturated heterocycles. The number of nitrogens with zero attached hydrogens (tertiary/aromatic N) is 2. The van der Waals surface area contributed by atoms with Gasteiger partial charge in [0.2, 0.25) is 10.0 Å². The fourth-order valence-corrected chi connectivity index (χ4v) is 5.80. The van der Waals surface area contributed by atoms with Gasteiger partial charge in [0.25, 0.3) is 0 Å². The predicted octanol–water partition coefficient (Wildman–Crippen LogP) is 4.71. The Bertz CT molecular complexity index is 1070. The van der Waals surface area contributed by atoms with Crippen LogP contribution >= 0.6 is 0 Å². The summed E-state index contributed by atoms with van der Waals surface area (Å²) in [4.78, 5) is 14.9. The SMILES string of the molecule is C=CCC1CN(C(=O)OC(C)(C)C)C[C@H](COCc2ccccc2)N(S(=O)(=O)c2ccccc2)C1. The van der Waals surface area contributed by atoms with Crippen molar-refractivity contribution in [2.45, 2.75) is 50.3 Å². The summed E-state index contributed by atoms with van der Waals surface area (Å²) in [5.74, 6) is -0.127. The molecule has 2 aromatic rings. The van der Waals surface area contributed by atoms with Crippen molar-refractivity contribution in [2.75, 3.05) is 26.2 Å². The molecule has 1 heterocycles. The average molecular weight is 501 g/mol. The zero-order chi connectivity index (χ0) is 25.5. The smallest absolute Gasteiger partial charge is 0.410 e. The molecule has 8 heteroatoms. The first kappa shape index (κ1) is 26.9. The zero-order valence-corrected chi connectivity index (χ0v) is 21.6. The lowest BCUT2D eigenvalue weighted by Gasteiger charge is -2.32. The lowest BCUT2D eigenvalue weighted by molar-refractivity contribution is 0.0177. The van der Waals surface area contributed by atoms with E-state index in [1.807, 2.05) is 51.1 Å². The molecule has 1 aliphatic rings. The van der Waals surface area contributed by atoms with E-state index in [2.05, 4.69) is 6.58 Å². The summed E-state index contributed by atoms with van der Waals surface area (Å²) >= 11 is 0. The van der Waals surface area contributed by atoms with Gasteiger partial charge in [-0.1, -0.05) is 54.6 Å². The van der Waals surface area contributed by atoms with Crippen LogP contribution in [0.1, 0.15) is 32.8 Å². The molecule has 1 amide bonds. The number of carbonyl (C=O) groups excluding carboxylic acids is 1. The third-order valence-electron chi connectivity index (χ3n) is 5.68. The van der Waals surface area contributed by atoms with Crippen LogP contribution in [0.3, 0.4) is 0 Å². The highest BCUT2D eigenvalue weighted by atomic mass is 32.2. The van der Waals surface area contributed by atoms with E-state index < -0.39 is 27.8 Å². The number of amides is 1. The molecule has 35 heavy (non-hydrogen) atoms. The average Bonchev–Trinajstić information content (AvgIpc) is 3.00. The zero-order valence-electron chi connectivity index (χ0n) is 20.8. The van der Waals surface area contributed by atoms with E-state index in [1.54, 1.807) is 41.3 Å². The van der Waals surface area contributed by atoms with Crippen molar-refractivity contribution in [1.82, 2.24) is 9.21 Å². The Kier molecular flexibility index (Phi) is 9.10. The van der Waals surface area contributed by atoms with E-state index >= 15 is 0 Å². The topological polar surface area (TPSA) is 76.2 Å². The quantitative estimate of drug-likeness (QED) is 0.491. The molecule has 0 radical (unpaired) electrons. The van der Waals surface area contributed by atoms with E-state index in [0.717, 1.165) is 5.56 Å². The summed E-state index contributed by atoms with van der Waals surface area (Å²) in [6, 6.07) is 17.5. The Morgan fingerprint density at radius 3 is 2.26 bits per heavy atom. The molecule has 0 aliphatic carbocycles. The molecule has 190 valence electrons. The second-order valence-electron chi connectivity index (χ2n) is 9.82. The first-order chi connectivity index (χ1) is 16.6. The van der Waals surface area contributed by atoms with E-state index in [0.29, 0.717) is 19.6 Å². The van der Waals surface area contributed by atoms with Gasteiger partial charge in [-0.05, 0) is 50.8 Å². The fourth-order valence-electron chi connectivity index (χ4n) is 4.10. The third-order valence-corrected chi connectivity index (χ3v) is 7.61. The van der Waals surface area contributed by atoms with Crippen LogP contribution in [0.25, 0.3) is 0 Å². The van der Waals surface area contributed by atoms with E-state index in [-0.39, 0.29) is 30.5 Å². The highest BCUT2D eigenvalue weighted by Crippen LogP contribution is 2.26. The van der Waals surface area contributed by atoms with Gasteiger partial charge in [-0.25, -0.2) is 13.2 Å². The Labute approximate surface area is 209 Å². The van der Waals surface area contributed by atoms with Crippen LogP contribution in [0.2, 0.25) is 0 Å². The highest BCUT2D eigenvalue weighted by Gasteiger charge is 2.39. The van der Waals surface area contributed by atoms with Crippen LogP contribution < -0.4 is 0 Å². The van der Waals surface area contributed by atoms with Crippen molar-refractivity contribution in [3.63, 3.8) is 0 Å². The van der Waals surface area contributed by atoms with Crippen molar-refractivity contribution >= 4 is 16.1 Å². The second-order valence-corrected chi connectivity index (χ2v) is 11.7. The van der Waals surface area contributed by atoms with Gasteiger partial charge in [0.1, 0.15) is 5.60 Å². The monoisotopic (exact) mass is 500 g/mol. The molecule has 1 fully saturated rings. The van der Waals surface area contributed by atoms with Gasteiger partial charge in [-0.15, -0.1) is 6.58 Å². The largest absolute Gasteiger partial charge is 0.444 e. The van der Waals surface area contributed by atoms with Gasteiger partial charge in [0.15, 0.2) is 0 Å². The Balaban J connectivity index is 1.91. The number of benzene rings is 2. The van der Waals surface area contributed by atoms with Gasteiger partial charge >= 0.3 is 6.09 Å². The van der Waals surface area contributed by atoms with E-state index in [9.17, 15) is 13.2 Å².